The van der Waals surface area contributed by atoms with E-state index in [2.05, 4.69) is 10.3 Å². The summed E-state index contributed by atoms with van der Waals surface area (Å²) in [4.78, 5) is 25.8. The van der Waals surface area contributed by atoms with Crippen LogP contribution in [0.5, 0.6) is 0 Å². The molecule has 0 aliphatic heterocycles. The average Bonchev–Trinajstić information content (AvgIpc) is 2.87. The zero-order valence-corrected chi connectivity index (χ0v) is 11.9. The highest BCUT2D eigenvalue weighted by molar-refractivity contribution is 7.14. The van der Waals surface area contributed by atoms with Crippen molar-refractivity contribution in [1.29, 1.82) is 0 Å². The summed E-state index contributed by atoms with van der Waals surface area (Å²) in [5, 5.41) is 14.7. The Bertz CT molecular complexity index is 640. The molecule has 8 heteroatoms. The van der Waals surface area contributed by atoms with Gasteiger partial charge in [0.05, 0.1) is 10.6 Å². The molecular weight excluding hydrogens is 302 g/mol. The van der Waals surface area contributed by atoms with Gasteiger partial charge in [0.25, 0.3) is 5.69 Å². The number of nitrogens with one attached hydrogen (secondary N) is 1. The van der Waals surface area contributed by atoms with Crippen LogP contribution in [0.4, 0.5) is 10.8 Å². The lowest BCUT2D eigenvalue weighted by Crippen LogP contribution is -2.20. The van der Waals surface area contributed by atoms with E-state index in [0.717, 1.165) is 5.56 Å². The fourth-order valence-electron chi connectivity index (χ4n) is 1.42. The van der Waals surface area contributed by atoms with Crippen LogP contribution in [0.2, 0.25) is 0 Å². The number of thiazole rings is 1. The first-order chi connectivity index (χ1) is 9.47. The Labute approximate surface area is 123 Å². The highest BCUT2D eigenvalue weighted by Gasteiger charge is 2.12. The fraction of sp³-hybridized carbons (Fsp3) is 0.167. The molecule has 20 heavy (non-hydrogen) atoms. The largest absolute Gasteiger partial charge is 0.301 e. The number of halogens is 1. The molecule has 1 amide bonds. The third-order valence-electron chi connectivity index (χ3n) is 2.47. The van der Waals surface area contributed by atoms with Crippen molar-refractivity contribution < 1.29 is 9.72 Å². The Balaban J connectivity index is 2.16. The molecule has 1 aromatic carbocycles. The van der Waals surface area contributed by atoms with Gasteiger partial charge in [-0.3, -0.25) is 14.9 Å². The normalized spacial score (nSPS) is 11.9. The number of rotatable bonds is 4. The average molecular weight is 312 g/mol. The zero-order chi connectivity index (χ0) is 14.7. The maximum absolute atomic E-state index is 11.4. The number of nitro benzene ring substituents is 1. The second-order valence-corrected chi connectivity index (χ2v) is 5.46. The first kappa shape index (κ1) is 14.4. The molecule has 0 aliphatic rings. The summed E-state index contributed by atoms with van der Waals surface area (Å²) in [6, 6.07) is 6.05. The maximum Gasteiger partial charge on any atom is 0.269 e. The van der Waals surface area contributed by atoms with Crippen LogP contribution in [0, 0.1) is 10.1 Å². The van der Waals surface area contributed by atoms with Crippen LogP contribution in [-0.2, 0) is 4.79 Å². The van der Waals surface area contributed by atoms with Crippen molar-refractivity contribution in [2.24, 2.45) is 0 Å². The lowest BCUT2D eigenvalue weighted by atomic mass is 10.1. The van der Waals surface area contributed by atoms with E-state index >= 15 is 0 Å². The van der Waals surface area contributed by atoms with Gasteiger partial charge in [-0.2, -0.15) is 0 Å². The van der Waals surface area contributed by atoms with E-state index in [1.54, 1.807) is 24.4 Å². The van der Waals surface area contributed by atoms with Crippen molar-refractivity contribution in [2.45, 2.75) is 12.3 Å². The first-order valence-electron chi connectivity index (χ1n) is 5.62. The number of benzene rings is 1. The minimum atomic E-state index is -0.637. The summed E-state index contributed by atoms with van der Waals surface area (Å²) in [6.07, 6.45) is 0. The van der Waals surface area contributed by atoms with Gasteiger partial charge >= 0.3 is 0 Å². The van der Waals surface area contributed by atoms with Crippen LogP contribution in [0.25, 0.3) is 11.3 Å². The summed E-state index contributed by atoms with van der Waals surface area (Å²) >= 11 is 6.92. The Morgan fingerprint density at radius 1 is 1.45 bits per heavy atom. The smallest absolute Gasteiger partial charge is 0.269 e. The topological polar surface area (TPSA) is 85.1 Å². The van der Waals surface area contributed by atoms with Crippen molar-refractivity contribution in [1.82, 2.24) is 4.98 Å². The second kappa shape index (κ2) is 5.98. The molecular formula is C12H10ClN3O3S. The number of nitro groups is 1. The monoisotopic (exact) mass is 311 g/mol. The van der Waals surface area contributed by atoms with Crippen molar-refractivity contribution in [2.75, 3.05) is 5.32 Å². The molecule has 2 rings (SSSR count). The van der Waals surface area contributed by atoms with Gasteiger partial charge in [-0.05, 0) is 19.1 Å². The molecule has 1 heterocycles. The zero-order valence-electron chi connectivity index (χ0n) is 10.4. The number of anilines is 1. The van der Waals surface area contributed by atoms with Crippen molar-refractivity contribution in [3.8, 4) is 11.3 Å². The number of amides is 1. The number of nitrogens with zero attached hydrogens (tertiary/aromatic N) is 2. The Hall–Kier alpha value is -1.99. The van der Waals surface area contributed by atoms with E-state index in [1.807, 2.05) is 0 Å². The van der Waals surface area contributed by atoms with Gasteiger partial charge in [0.2, 0.25) is 5.91 Å². The van der Waals surface area contributed by atoms with Crippen molar-refractivity contribution in [3.05, 3.63) is 39.8 Å². The third-order valence-corrected chi connectivity index (χ3v) is 3.43. The number of carbonyl (C=O) groups is 1. The molecule has 104 valence electrons. The summed E-state index contributed by atoms with van der Waals surface area (Å²) < 4.78 is 0. The number of non-ortho nitro benzene ring substituents is 1. The van der Waals surface area contributed by atoms with Crippen LogP contribution in [0.3, 0.4) is 0 Å². The molecule has 0 saturated heterocycles. The molecule has 0 spiro atoms. The van der Waals surface area contributed by atoms with Crippen LogP contribution < -0.4 is 5.32 Å². The number of hydrogen-bond donors (Lipinski definition) is 1. The van der Waals surface area contributed by atoms with Gasteiger partial charge < -0.3 is 5.32 Å². The van der Waals surface area contributed by atoms with Crippen molar-refractivity contribution in [3.63, 3.8) is 0 Å². The molecule has 1 aromatic heterocycles. The highest BCUT2D eigenvalue weighted by atomic mass is 35.5. The SMILES string of the molecule is C[C@@H](Cl)C(=O)Nc1nc(-c2ccc([N+](=O)[O-])cc2)cs1. The van der Waals surface area contributed by atoms with E-state index in [-0.39, 0.29) is 11.6 Å². The lowest BCUT2D eigenvalue weighted by molar-refractivity contribution is -0.384. The van der Waals surface area contributed by atoms with Crippen LogP contribution in [0.1, 0.15) is 6.92 Å². The van der Waals surface area contributed by atoms with Gasteiger partial charge in [0, 0.05) is 23.1 Å². The standard InChI is InChI=1S/C12H10ClN3O3S/c1-7(13)11(17)15-12-14-10(6-20-12)8-2-4-9(5-3-8)16(18)19/h2-7H,1H3,(H,14,15,17)/t7-/m1/s1. The van der Waals surface area contributed by atoms with Gasteiger partial charge in [-0.15, -0.1) is 22.9 Å². The van der Waals surface area contributed by atoms with E-state index in [4.69, 9.17) is 11.6 Å². The van der Waals surface area contributed by atoms with E-state index < -0.39 is 10.3 Å². The molecule has 1 N–H and O–H groups in total. The van der Waals surface area contributed by atoms with Gasteiger partial charge in [0.1, 0.15) is 5.38 Å². The lowest BCUT2D eigenvalue weighted by Gasteiger charge is -2.01. The molecule has 0 fully saturated rings. The van der Waals surface area contributed by atoms with Crippen LogP contribution in [-0.4, -0.2) is 21.2 Å². The van der Waals surface area contributed by atoms with Crippen molar-refractivity contribution >= 4 is 39.7 Å². The number of alkyl halides is 1. The summed E-state index contributed by atoms with van der Waals surface area (Å²) in [7, 11) is 0. The summed E-state index contributed by atoms with van der Waals surface area (Å²) in [6.45, 7) is 1.57. The number of hydrogen-bond acceptors (Lipinski definition) is 5. The number of aromatic nitrogens is 1. The second-order valence-electron chi connectivity index (χ2n) is 3.95. The van der Waals surface area contributed by atoms with E-state index in [9.17, 15) is 14.9 Å². The number of carbonyl (C=O) groups excluding carboxylic acids is 1. The molecule has 6 nitrogen and oxygen atoms in total. The highest BCUT2D eigenvalue weighted by Crippen LogP contribution is 2.26. The molecule has 0 bridgehead atoms. The third kappa shape index (κ3) is 3.31. The minimum absolute atomic E-state index is 0.0217. The predicted octanol–water partition coefficient (Wildman–Crippen LogP) is 3.28. The van der Waals surface area contributed by atoms with Gasteiger partial charge in [-0.1, -0.05) is 0 Å². The quantitative estimate of drug-likeness (QED) is 0.533. The minimum Gasteiger partial charge on any atom is -0.301 e. The molecule has 0 radical (unpaired) electrons. The molecule has 0 aliphatic carbocycles. The molecule has 0 saturated carbocycles. The summed E-state index contributed by atoms with van der Waals surface area (Å²) in [5.74, 6) is -0.323. The van der Waals surface area contributed by atoms with E-state index in [0.29, 0.717) is 10.8 Å². The first-order valence-corrected chi connectivity index (χ1v) is 6.94. The van der Waals surface area contributed by atoms with E-state index in [1.165, 1.54) is 23.5 Å². The van der Waals surface area contributed by atoms with Crippen LogP contribution >= 0.6 is 22.9 Å². The Morgan fingerprint density at radius 3 is 2.65 bits per heavy atom. The maximum atomic E-state index is 11.4. The van der Waals surface area contributed by atoms with Crippen LogP contribution in [0.15, 0.2) is 29.6 Å². The predicted molar refractivity (Wildman–Crippen MR) is 78.1 cm³/mol. The van der Waals surface area contributed by atoms with Gasteiger partial charge in [0.15, 0.2) is 5.13 Å². The Morgan fingerprint density at radius 2 is 2.10 bits per heavy atom. The Kier molecular flexibility index (Phi) is 4.31. The molecule has 2 aromatic rings. The molecule has 1 atom stereocenters. The molecule has 0 unspecified atom stereocenters. The summed E-state index contributed by atoms with van der Waals surface area (Å²) in [5.41, 5.74) is 1.40. The van der Waals surface area contributed by atoms with Gasteiger partial charge in [-0.25, -0.2) is 4.98 Å². The fourth-order valence-corrected chi connectivity index (χ4v) is 2.20.